The number of hydrogen-bond donors (Lipinski definition) is 1. The summed E-state index contributed by atoms with van der Waals surface area (Å²) in [5.74, 6) is 2.67. The Morgan fingerprint density at radius 2 is 1.52 bits per heavy atom. The van der Waals surface area contributed by atoms with E-state index < -0.39 is 12.1 Å². The van der Waals surface area contributed by atoms with Crippen LogP contribution >= 0.6 is 0 Å². The fourth-order valence-corrected chi connectivity index (χ4v) is 6.86. The molecule has 5 rings (SSSR count). The summed E-state index contributed by atoms with van der Waals surface area (Å²) in [5.41, 5.74) is 1.85. The lowest BCUT2D eigenvalue weighted by Crippen LogP contribution is -2.48. The zero-order chi connectivity index (χ0) is 20.3. The van der Waals surface area contributed by atoms with Crippen molar-refractivity contribution >= 4 is 5.97 Å². The zero-order valence-corrected chi connectivity index (χ0v) is 18.1. The van der Waals surface area contributed by atoms with E-state index in [0.717, 1.165) is 30.6 Å². The van der Waals surface area contributed by atoms with Gasteiger partial charge in [-0.1, -0.05) is 51.2 Å². The van der Waals surface area contributed by atoms with Crippen molar-refractivity contribution in [2.75, 3.05) is 0 Å². The monoisotopic (exact) mass is 398 g/mol. The quantitative estimate of drug-likeness (QED) is 0.420. The fraction of sp³-hybridized carbons (Fsp3) is 0.731. The van der Waals surface area contributed by atoms with Crippen molar-refractivity contribution in [3.05, 3.63) is 29.8 Å². The van der Waals surface area contributed by atoms with E-state index in [0.29, 0.717) is 17.6 Å². The minimum atomic E-state index is -0.844. The molecule has 4 bridgehead atoms. The molecule has 4 aliphatic rings. The standard InChI is InChI=1S/C26H38O3/c1-2-3-4-5-6-7-8-24(25(27)28)29-23-11-9-22(10-12-23)26-16-19-13-20(17-26)15-21(14-19)18-26/h9-12,19-21,24H,2-8,13-18H2,1H3,(H,27,28). The average Bonchev–Trinajstić information content (AvgIpc) is 2.69. The van der Waals surface area contributed by atoms with Crippen LogP contribution < -0.4 is 4.74 Å². The summed E-state index contributed by atoms with van der Waals surface area (Å²) >= 11 is 0. The van der Waals surface area contributed by atoms with E-state index in [-0.39, 0.29) is 0 Å². The van der Waals surface area contributed by atoms with Gasteiger partial charge in [0.05, 0.1) is 0 Å². The summed E-state index contributed by atoms with van der Waals surface area (Å²) in [6, 6.07) is 8.49. The largest absolute Gasteiger partial charge is 0.479 e. The number of hydrogen-bond acceptors (Lipinski definition) is 2. The van der Waals surface area contributed by atoms with Crippen LogP contribution in [0.5, 0.6) is 5.75 Å². The van der Waals surface area contributed by atoms with Gasteiger partial charge in [-0.15, -0.1) is 0 Å². The second-order valence-corrected chi connectivity index (χ2v) is 10.2. The van der Waals surface area contributed by atoms with Crippen molar-refractivity contribution in [1.82, 2.24) is 0 Å². The molecule has 1 aromatic rings. The van der Waals surface area contributed by atoms with Gasteiger partial charge in [0, 0.05) is 0 Å². The van der Waals surface area contributed by atoms with E-state index in [9.17, 15) is 9.90 Å². The molecule has 4 saturated carbocycles. The van der Waals surface area contributed by atoms with Gasteiger partial charge in [-0.05, 0) is 92.2 Å². The summed E-state index contributed by atoms with van der Waals surface area (Å²) in [7, 11) is 0. The first-order valence-electron chi connectivity index (χ1n) is 12.1. The molecule has 4 fully saturated rings. The predicted molar refractivity (Wildman–Crippen MR) is 116 cm³/mol. The highest BCUT2D eigenvalue weighted by atomic mass is 16.5. The number of benzene rings is 1. The Labute approximate surface area is 176 Å². The van der Waals surface area contributed by atoms with E-state index in [1.165, 1.54) is 69.8 Å². The highest BCUT2D eigenvalue weighted by molar-refractivity contribution is 5.72. The molecule has 3 heteroatoms. The molecule has 0 radical (unpaired) electrons. The number of unbranched alkanes of at least 4 members (excludes halogenated alkanes) is 5. The normalized spacial score (nSPS) is 31.0. The van der Waals surface area contributed by atoms with E-state index in [1.54, 1.807) is 0 Å². The number of aliphatic carboxylic acids is 1. The maximum Gasteiger partial charge on any atom is 0.344 e. The molecule has 1 N–H and O–H groups in total. The van der Waals surface area contributed by atoms with Crippen LogP contribution in [-0.4, -0.2) is 17.2 Å². The van der Waals surface area contributed by atoms with E-state index in [4.69, 9.17) is 4.74 Å². The summed E-state index contributed by atoms with van der Waals surface area (Å²) < 4.78 is 5.88. The summed E-state index contributed by atoms with van der Waals surface area (Å²) in [6.45, 7) is 2.21. The van der Waals surface area contributed by atoms with E-state index in [1.807, 2.05) is 12.1 Å². The predicted octanol–water partition coefficient (Wildman–Crippen LogP) is 6.74. The Morgan fingerprint density at radius 3 is 2.07 bits per heavy atom. The first-order valence-corrected chi connectivity index (χ1v) is 12.1. The van der Waals surface area contributed by atoms with Crippen molar-refractivity contribution in [1.29, 1.82) is 0 Å². The molecular formula is C26H38O3. The van der Waals surface area contributed by atoms with Gasteiger partial charge >= 0.3 is 5.97 Å². The second kappa shape index (κ2) is 9.10. The van der Waals surface area contributed by atoms with Crippen LogP contribution in [0.4, 0.5) is 0 Å². The summed E-state index contributed by atoms with van der Waals surface area (Å²) in [6.07, 6.45) is 15.3. The lowest BCUT2D eigenvalue weighted by molar-refractivity contribution is -0.145. The van der Waals surface area contributed by atoms with Gasteiger partial charge in [-0.2, -0.15) is 0 Å². The molecule has 0 saturated heterocycles. The maximum absolute atomic E-state index is 11.6. The minimum absolute atomic E-state index is 0.387. The molecule has 29 heavy (non-hydrogen) atoms. The summed E-state index contributed by atoms with van der Waals surface area (Å²) in [5, 5.41) is 9.56. The number of rotatable bonds is 11. The Hall–Kier alpha value is -1.51. The number of carboxylic acid groups (broad SMARTS) is 1. The second-order valence-electron chi connectivity index (χ2n) is 10.2. The zero-order valence-electron chi connectivity index (χ0n) is 18.1. The molecule has 4 aliphatic carbocycles. The number of carboxylic acids is 1. The highest BCUT2D eigenvalue weighted by Gasteiger charge is 2.51. The van der Waals surface area contributed by atoms with Gasteiger partial charge in [-0.25, -0.2) is 4.79 Å². The van der Waals surface area contributed by atoms with Crippen LogP contribution in [0, 0.1) is 17.8 Å². The topological polar surface area (TPSA) is 46.5 Å². The van der Waals surface area contributed by atoms with Gasteiger partial charge < -0.3 is 9.84 Å². The Balaban J connectivity index is 1.33. The van der Waals surface area contributed by atoms with Crippen molar-refractivity contribution < 1.29 is 14.6 Å². The lowest BCUT2D eigenvalue weighted by Gasteiger charge is -2.57. The van der Waals surface area contributed by atoms with Gasteiger partial charge in [0.2, 0.25) is 0 Å². The molecule has 1 aromatic carbocycles. The number of carbonyl (C=O) groups is 1. The smallest absolute Gasteiger partial charge is 0.344 e. The third kappa shape index (κ3) is 4.81. The minimum Gasteiger partial charge on any atom is -0.479 e. The summed E-state index contributed by atoms with van der Waals surface area (Å²) in [4.78, 5) is 11.6. The average molecular weight is 399 g/mol. The first kappa shape index (κ1) is 20.8. The van der Waals surface area contributed by atoms with Crippen molar-refractivity contribution in [3.8, 4) is 5.75 Å². The molecule has 0 amide bonds. The van der Waals surface area contributed by atoms with E-state index in [2.05, 4.69) is 19.1 Å². The van der Waals surface area contributed by atoms with Crippen LogP contribution in [0.1, 0.15) is 96.0 Å². The van der Waals surface area contributed by atoms with Crippen LogP contribution in [-0.2, 0) is 10.2 Å². The third-order valence-electron chi connectivity index (χ3n) is 7.88. The molecular weight excluding hydrogens is 360 g/mol. The van der Waals surface area contributed by atoms with Crippen LogP contribution in [0.25, 0.3) is 0 Å². The fourth-order valence-electron chi connectivity index (χ4n) is 6.86. The number of ether oxygens (including phenoxy) is 1. The molecule has 1 unspecified atom stereocenters. The molecule has 1 atom stereocenters. The SMILES string of the molecule is CCCCCCCCC(Oc1ccc(C23CC4CC(CC(C4)C2)C3)cc1)C(=O)O. The van der Waals surface area contributed by atoms with Gasteiger partial charge in [0.15, 0.2) is 6.10 Å². The molecule has 0 aromatic heterocycles. The van der Waals surface area contributed by atoms with Crippen molar-refractivity contribution in [3.63, 3.8) is 0 Å². The molecule has 0 aliphatic heterocycles. The molecule has 0 heterocycles. The van der Waals surface area contributed by atoms with Crippen LogP contribution in [0.15, 0.2) is 24.3 Å². The molecule has 160 valence electrons. The highest BCUT2D eigenvalue weighted by Crippen LogP contribution is 2.60. The molecule has 0 spiro atoms. The van der Waals surface area contributed by atoms with Crippen molar-refractivity contribution in [2.45, 2.75) is 102 Å². The lowest BCUT2D eigenvalue weighted by atomic mass is 9.48. The van der Waals surface area contributed by atoms with Crippen LogP contribution in [0.2, 0.25) is 0 Å². The van der Waals surface area contributed by atoms with Gasteiger partial charge in [0.1, 0.15) is 5.75 Å². The maximum atomic E-state index is 11.6. The Bertz CT molecular complexity index is 642. The third-order valence-corrected chi connectivity index (χ3v) is 7.88. The first-order chi connectivity index (χ1) is 14.1. The van der Waals surface area contributed by atoms with E-state index >= 15 is 0 Å². The van der Waals surface area contributed by atoms with Crippen LogP contribution in [0.3, 0.4) is 0 Å². The Morgan fingerprint density at radius 1 is 0.966 bits per heavy atom. The van der Waals surface area contributed by atoms with Gasteiger partial charge in [0.25, 0.3) is 0 Å². The Kier molecular flexibility index (Phi) is 6.51. The van der Waals surface area contributed by atoms with Gasteiger partial charge in [-0.3, -0.25) is 0 Å². The van der Waals surface area contributed by atoms with Crippen molar-refractivity contribution in [2.24, 2.45) is 17.8 Å². The molecule has 3 nitrogen and oxygen atoms in total.